The highest BCUT2D eigenvalue weighted by atomic mass is 79.9. The van der Waals surface area contributed by atoms with E-state index >= 15 is 0 Å². The number of nitrogens with zero attached hydrogens (tertiary/aromatic N) is 5. The molecule has 2 aliphatic rings. The second-order valence-electron chi connectivity index (χ2n) is 6.86. The summed E-state index contributed by atoms with van der Waals surface area (Å²) in [4.78, 5) is 21.3. The van der Waals surface area contributed by atoms with Gasteiger partial charge in [0.2, 0.25) is 6.79 Å². The van der Waals surface area contributed by atoms with Gasteiger partial charge in [-0.1, -0.05) is 6.07 Å². The van der Waals surface area contributed by atoms with Gasteiger partial charge in [0.25, 0.3) is 5.91 Å². The van der Waals surface area contributed by atoms with Crippen LogP contribution in [0.1, 0.15) is 16.1 Å². The Morgan fingerprint density at radius 3 is 2.79 bits per heavy atom. The summed E-state index contributed by atoms with van der Waals surface area (Å²) in [5.74, 6) is 1.55. The van der Waals surface area contributed by atoms with Crippen molar-refractivity contribution in [3.05, 3.63) is 52.4 Å². The third-order valence-corrected chi connectivity index (χ3v) is 5.41. The number of halogens is 1. The summed E-state index contributed by atoms with van der Waals surface area (Å²) in [6.07, 6.45) is 3.49. The van der Waals surface area contributed by atoms with Gasteiger partial charge in [0.05, 0.1) is 4.47 Å². The second kappa shape index (κ2) is 7.06. The van der Waals surface area contributed by atoms with Crippen molar-refractivity contribution >= 4 is 27.5 Å². The fraction of sp³-hybridized carbons (Fsp3) is 0.316. The maximum Gasteiger partial charge on any atom is 0.274 e. The Balaban J connectivity index is 1.22. The molecule has 2 aromatic heterocycles. The van der Waals surface area contributed by atoms with Crippen LogP contribution in [0.15, 0.2) is 41.1 Å². The van der Waals surface area contributed by atoms with E-state index in [1.807, 2.05) is 17.0 Å². The third kappa shape index (κ3) is 3.31. The molecule has 1 fully saturated rings. The molecular formula is C19H18BrN5O3. The van der Waals surface area contributed by atoms with Gasteiger partial charge in [-0.25, -0.2) is 9.50 Å². The number of hydrogen-bond acceptors (Lipinski definition) is 6. The Hall–Kier alpha value is -2.65. The molecule has 0 saturated carbocycles. The lowest BCUT2D eigenvalue weighted by Crippen LogP contribution is -2.48. The number of ether oxygens (including phenoxy) is 2. The molecule has 0 atom stereocenters. The van der Waals surface area contributed by atoms with E-state index in [0.717, 1.165) is 35.6 Å². The standard InChI is InChI=1S/C19H18BrN5O3/c20-14-9-21-18-8-15(22-25(18)11-14)19(26)24-5-3-23(4-6-24)10-13-1-2-16-17(7-13)28-12-27-16/h1-2,7-9,11H,3-6,10,12H2. The Labute approximate surface area is 169 Å². The predicted molar refractivity (Wildman–Crippen MR) is 104 cm³/mol. The zero-order valence-electron chi connectivity index (χ0n) is 15.0. The summed E-state index contributed by atoms with van der Waals surface area (Å²) in [6.45, 7) is 4.09. The van der Waals surface area contributed by atoms with Crippen LogP contribution in [0.4, 0.5) is 0 Å². The summed E-state index contributed by atoms with van der Waals surface area (Å²) < 4.78 is 13.2. The molecule has 5 rings (SSSR count). The number of benzene rings is 1. The zero-order chi connectivity index (χ0) is 19.1. The lowest BCUT2D eigenvalue weighted by molar-refractivity contribution is 0.0622. The van der Waals surface area contributed by atoms with Crippen LogP contribution in [0.25, 0.3) is 5.65 Å². The normalized spacial score (nSPS) is 16.7. The number of amides is 1. The van der Waals surface area contributed by atoms with E-state index < -0.39 is 0 Å². The fourth-order valence-corrected chi connectivity index (χ4v) is 3.82. The van der Waals surface area contributed by atoms with Crippen molar-refractivity contribution in [3.63, 3.8) is 0 Å². The predicted octanol–water partition coefficient (Wildman–Crippen LogP) is 2.18. The molecule has 1 saturated heterocycles. The molecule has 0 spiro atoms. The molecular weight excluding hydrogens is 426 g/mol. The lowest BCUT2D eigenvalue weighted by atomic mass is 10.1. The van der Waals surface area contributed by atoms with Gasteiger partial charge < -0.3 is 14.4 Å². The first-order valence-corrected chi connectivity index (χ1v) is 9.86. The summed E-state index contributed by atoms with van der Waals surface area (Å²) in [6, 6.07) is 7.77. The largest absolute Gasteiger partial charge is 0.454 e. The molecule has 0 unspecified atom stereocenters. The third-order valence-electron chi connectivity index (χ3n) is 5.00. The number of carbonyl (C=O) groups is 1. The van der Waals surface area contributed by atoms with Crippen LogP contribution in [0, 0.1) is 0 Å². The Bertz CT molecular complexity index is 1050. The van der Waals surface area contributed by atoms with Crippen molar-refractivity contribution in [2.75, 3.05) is 33.0 Å². The summed E-state index contributed by atoms with van der Waals surface area (Å²) >= 11 is 3.37. The zero-order valence-corrected chi connectivity index (χ0v) is 16.6. The molecule has 1 aromatic carbocycles. The minimum absolute atomic E-state index is 0.0515. The van der Waals surface area contributed by atoms with Crippen LogP contribution in [0.3, 0.4) is 0 Å². The molecule has 0 bridgehead atoms. The fourth-order valence-electron chi connectivity index (χ4n) is 3.53. The highest BCUT2D eigenvalue weighted by Crippen LogP contribution is 2.32. The van der Waals surface area contributed by atoms with Gasteiger partial charge in [-0.15, -0.1) is 0 Å². The monoisotopic (exact) mass is 443 g/mol. The van der Waals surface area contributed by atoms with Crippen LogP contribution in [-0.4, -0.2) is 63.3 Å². The Morgan fingerprint density at radius 1 is 1.11 bits per heavy atom. The molecule has 1 amide bonds. The van der Waals surface area contributed by atoms with Gasteiger partial charge in [0.15, 0.2) is 22.8 Å². The summed E-state index contributed by atoms with van der Waals surface area (Å²) in [5.41, 5.74) is 2.27. The minimum Gasteiger partial charge on any atom is -0.454 e. The number of carbonyl (C=O) groups excluding carboxylic acids is 1. The lowest BCUT2D eigenvalue weighted by Gasteiger charge is -2.34. The summed E-state index contributed by atoms with van der Waals surface area (Å²) in [7, 11) is 0. The van der Waals surface area contributed by atoms with E-state index in [4.69, 9.17) is 9.47 Å². The quantitative estimate of drug-likeness (QED) is 0.617. The number of hydrogen-bond donors (Lipinski definition) is 0. The van der Waals surface area contributed by atoms with E-state index in [0.29, 0.717) is 24.4 Å². The number of rotatable bonds is 3. The number of fused-ring (bicyclic) bond motifs is 2. The average molecular weight is 444 g/mol. The van der Waals surface area contributed by atoms with Gasteiger partial charge >= 0.3 is 0 Å². The maximum absolute atomic E-state index is 12.8. The van der Waals surface area contributed by atoms with E-state index in [2.05, 4.69) is 37.0 Å². The highest BCUT2D eigenvalue weighted by Gasteiger charge is 2.24. The highest BCUT2D eigenvalue weighted by molar-refractivity contribution is 9.10. The molecule has 4 heterocycles. The van der Waals surface area contributed by atoms with Gasteiger partial charge in [0.1, 0.15) is 0 Å². The van der Waals surface area contributed by atoms with Gasteiger partial charge in [-0.3, -0.25) is 9.69 Å². The molecule has 28 heavy (non-hydrogen) atoms. The SMILES string of the molecule is O=C(c1cc2ncc(Br)cn2n1)N1CCN(Cc2ccc3c(c2)OCO3)CC1. The van der Waals surface area contributed by atoms with Crippen molar-refractivity contribution in [3.8, 4) is 11.5 Å². The van der Waals surface area contributed by atoms with Crippen molar-refractivity contribution in [2.45, 2.75) is 6.54 Å². The van der Waals surface area contributed by atoms with E-state index in [-0.39, 0.29) is 12.7 Å². The Morgan fingerprint density at radius 2 is 1.93 bits per heavy atom. The Kier molecular flexibility index (Phi) is 4.40. The van der Waals surface area contributed by atoms with Crippen LogP contribution < -0.4 is 9.47 Å². The van der Waals surface area contributed by atoms with E-state index in [9.17, 15) is 4.79 Å². The van der Waals surface area contributed by atoms with Crippen molar-refractivity contribution in [1.29, 1.82) is 0 Å². The number of piperazine rings is 1. The van der Waals surface area contributed by atoms with Crippen LogP contribution in [0.5, 0.6) is 11.5 Å². The van der Waals surface area contributed by atoms with E-state index in [1.165, 1.54) is 5.56 Å². The molecule has 0 aliphatic carbocycles. The maximum atomic E-state index is 12.8. The first kappa shape index (κ1) is 17.4. The van der Waals surface area contributed by atoms with E-state index in [1.54, 1.807) is 23.0 Å². The summed E-state index contributed by atoms with van der Waals surface area (Å²) in [5, 5.41) is 4.36. The molecule has 0 radical (unpaired) electrons. The molecule has 0 N–H and O–H groups in total. The molecule has 8 nitrogen and oxygen atoms in total. The van der Waals surface area contributed by atoms with Gasteiger partial charge in [-0.2, -0.15) is 5.10 Å². The second-order valence-corrected chi connectivity index (χ2v) is 7.78. The van der Waals surface area contributed by atoms with Gasteiger partial charge in [0, 0.05) is 51.2 Å². The average Bonchev–Trinajstić information content (AvgIpc) is 3.34. The van der Waals surface area contributed by atoms with Crippen molar-refractivity contribution in [1.82, 2.24) is 24.4 Å². The topological polar surface area (TPSA) is 72.2 Å². The molecule has 144 valence electrons. The van der Waals surface area contributed by atoms with Crippen molar-refractivity contribution < 1.29 is 14.3 Å². The van der Waals surface area contributed by atoms with Gasteiger partial charge in [-0.05, 0) is 33.6 Å². The molecule has 9 heteroatoms. The smallest absolute Gasteiger partial charge is 0.274 e. The van der Waals surface area contributed by atoms with Crippen molar-refractivity contribution in [2.24, 2.45) is 0 Å². The first-order chi connectivity index (χ1) is 13.7. The number of aromatic nitrogens is 3. The molecule has 2 aliphatic heterocycles. The molecule has 3 aromatic rings. The minimum atomic E-state index is -0.0515. The van der Waals surface area contributed by atoms with Crippen LogP contribution in [-0.2, 0) is 6.54 Å². The first-order valence-electron chi connectivity index (χ1n) is 9.07. The van der Waals surface area contributed by atoms with Crippen LogP contribution >= 0.6 is 15.9 Å². The van der Waals surface area contributed by atoms with Crippen LogP contribution in [0.2, 0.25) is 0 Å².